The van der Waals surface area contributed by atoms with Crippen molar-refractivity contribution < 1.29 is 14.0 Å². The van der Waals surface area contributed by atoms with Crippen LogP contribution < -0.4 is 5.32 Å². The molecular weight excluding hydrogens is 280 g/mol. The first-order chi connectivity index (χ1) is 10.2. The van der Waals surface area contributed by atoms with Gasteiger partial charge in [0.1, 0.15) is 17.6 Å². The number of rotatable bonds is 3. The minimum Gasteiger partial charge on any atom is -0.464 e. The van der Waals surface area contributed by atoms with Crippen molar-refractivity contribution in [2.75, 3.05) is 6.54 Å². The fourth-order valence-electron chi connectivity index (χ4n) is 2.78. The van der Waals surface area contributed by atoms with Crippen LogP contribution in [0.3, 0.4) is 0 Å². The van der Waals surface area contributed by atoms with Crippen LogP contribution in [0, 0.1) is 12.3 Å². The summed E-state index contributed by atoms with van der Waals surface area (Å²) in [6.07, 6.45) is 1.59. The maximum atomic E-state index is 12.5. The fourth-order valence-corrected chi connectivity index (χ4v) is 2.78. The maximum absolute atomic E-state index is 12.5. The van der Waals surface area contributed by atoms with Gasteiger partial charge in [0.15, 0.2) is 0 Å². The van der Waals surface area contributed by atoms with Crippen molar-refractivity contribution in [3.05, 3.63) is 23.7 Å². The number of likely N-dealkylation sites (tertiary alicyclic amines) is 1. The Morgan fingerprint density at radius 2 is 2.05 bits per heavy atom. The van der Waals surface area contributed by atoms with Gasteiger partial charge in [-0.1, -0.05) is 20.8 Å². The molecular formula is C17H26N2O3. The van der Waals surface area contributed by atoms with Gasteiger partial charge in [-0.15, -0.1) is 0 Å². The highest BCUT2D eigenvalue weighted by Crippen LogP contribution is 2.26. The topological polar surface area (TPSA) is 62.6 Å². The number of furan rings is 1. The van der Waals surface area contributed by atoms with Gasteiger partial charge >= 0.3 is 0 Å². The predicted molar refractivity (Wildman–Crippen MR) is 84.2 cm³/mol. The van der Waals surface area contributed by atoms with E-state index in [-0.39, 0.29) is 23.9 Å². The van der Waals surface area contributed by atoms with E-state index in [0.29, 0.717) is 6.54 Å². The Morgan fingerprint density at radius 3 is 2.59 bits per heavy atom. The Morgan fingerprint density at radius 1 is 1.36 bits per heavy atom. The standard InChI is InChI=1S/C17H26N2O3/c1-11-8-9-14(22-11)12(2)18-15(20)13-7-6-10-19(13)16(21)17(3,4)5/h8-9,12-13H,6-7,10H2,1-5H3,(H,18,20)/t12-,13+/m1/s1. The molecule has 22 heavy (non-hydrogen) atoms. The highest BCUT2D eigenvalue weighted by atomic mass is 16.3. The zero-order valence-corrected chi connectivity index (χ0v) is 14.1. The number of hydrogen-bond donors (Lipinski definition) is 1. The van der Waals surface area contributed by atoms with Gasteiger partial charge in [-0.05, 0) is 38.8 Å². The lowest BCUT2D eigenvalue weighted by molar-refractivity contribution is -0.144. The number of hydrogen-bond acceptors (Lipinski definition) is 3. The predicted octanol–water partition coefficient (Wildman–Crippen LogP) is 2.80. The van der Waals surface area contributed by atoms with Gasteiger partial charge < -0.3 is 14.6 Å². The lowest BCUT2D eigenvalue weighted by Gasteiger charge is -2.30. The van der Waals surface area contributed by atoms with Gasteiger partial charge in [0, 0.05) is 12.0 Å². The summed E-state index contributed by atoms with van der Waals surface area (Å²) >= 11 is 0. The number of carbonyl (C=O) groups is 2. The van der Waals surface area contributed by atoms with Gasteiger partial charge in [-0.3, -0.25) is 9.59 Å². The molecule has 0 spiro atoms. The molecule has 5 heteroatoms. The van der Waals surface area contributed by atoms with Crippen LogP contribution in [0.15, 0.2) is 16.5 Å². The molecule has 1 aromatic rings. The normalized spacial score (nSPS) is 20.0. The molecule has 1 N–H and O–H groups in total. The Balaban J connectivity index is 2.03. The molecule has 1 fully saturated rings. The van der Waals surface area contributed by atoms with E-state index in [1.807, 2.05) is 46.8 Å². The molecule has 0 saturated carbocycles. The van der Waals surface area contributed by atoms with Crippen molar-refractivity contribution in [2.24, 2.45) is 5.41 Å². The molecule has 0 unspecified atom stereocenters. The van der Waals surface area contributed by atoms with Gasteiger partial charge in [-0.2, -0.15) is 0 Å². The van der Waals surface area contributed by atoms with Crippen LogP contribution in [0.2, 0.25) is 0 Å². The number of amides is 2. The maximum Gasteiger partial charge on any atom is 0.243 e. The molecule has 122 valence electrons. The Labute approximate surface area is 132 Å². The van der Waals surface area contributed by atoms with E-state index < -0.39 is 5.41 Å². The fraction of sp³-hybridized carbons (Fsp3) is 0.647. The average Bonchev–Trinajstić information content (AvgIpc) is 3.04. The minimum atomic E-state index is -0.466. The van der Waals surface area contributed by atoms with Crippen molar-refractivity contribution in [2.45, 2.75) is 59.5 Å². The Hall–Kier alpha value is -1.78. The van der Waals surface area contributed by atoms with Crippen LogP contribution in [0.5, 0.6) is 0 Å². The van der Waals surface area contributed by atoms with E-state index in [4.69, 9.17) is 4.42 Å². The van der Waals surface area contributed by atoms with Gasteiger partial charge in [0.2, 0.25) is 11.8 Å². The van der Waals surface area contributed by atoms with Crippen LogP contribution in [-0.4, -0.2) is 29.3 Å². The summed E-state index contributed by atoms with van der Waals surface area (Å²) in [6.45, 7) is 10.1. The second-order valence-corrected chi connectivity index (χ2v) is 7.09. The van der Waals surface area contributed by atoms with E-state index >= 15 is 0 Å². The monoisotopic (exact) mass is 306 g/mol. The average molecular weight is 306 g/mol. The molecule has 1 saturated heterocycles. The number of carbonyl (C=O) groups excluding carboxylic acids is 2. The largest absolute Gasteiger partial charge is 0.464 e. The molecule has 2 amide bonds. The Bertz CT molecular complexity index is 556. The number of nitrogens with zero attached hydrogens (tertiary/aromatic N) is 1. The molecule has 1 aromatic heterocycles. The minimum absolute atomic E-state index is 0.0339. The lowest BCUT2D eigenvalue weighted by Crippen LogP contribution is -2.49. The third-order valence-electron chi connectivity index (χ3n) is 4.00. The van der Waals surface area contributed by atoms with Crippen LogP contribution >= 0.6 is 0 Å². The highest BCUT2D eigenvalue weighted by Gasteiger charge is 2.38. The summed E-state index contributed by atoms with van der Waals surface area (Å²) in [5.41, 5.74) is -0.466. The molecule has 2 atom stereocenters. The van der Waals surface area contributed by atoms with Crippen molar-refractivity contribution >= 4 is 11.8 Å². The van der Waals surface area contributed by atoms with Crippen molar-refractivity contribution in [1.82, 2.24) is 10.2 Å². The third-order valence-corrected chi connectivity index (χ3v) is 4.00. The number of aryl methyl sites for hydroxylation is 1. The van der Waals surface area contributed by atoms with Crippen LogP contribution in [-0.2, 0) is 9.59 Å². The first-order valence-electron chi connectivity index (χ1n) is 7.88. The van der Waals surface area contributed by atoms with Gasteiger partial charge in [0.25, 0.3) is 0 Å². The van der Waals surface area contributed by atoms with Crippen molar-refractivity contribution in [3.63, 3.8) is 0 Å². The number of nitrogens with one attached hydrogen (secondary N) is 1. The zero-order valence-electron chi connectivity index (χ0n) is 14.1. The summed E-state index contributed by atoms with van der Waals surface area (Å²) in [4.78, 5) is 26.7. The molecule has 0 aromatic carbocycles. The van der Waals surface area contributed by atoms with Crippen LogP contribution in [0.4, 0.5) is 0 Å². The van der Waals surface area contributed by atoms with Gasteiger partial charge in [-0.25, -0.2) is 0 Å². The first kappa shape index (κ1) is 16.6. The molecule has 1 aliphatic heterocycles. The first-order valence-corrected chi connectivity index (χ1v) is 7.88. The van der Waals surface area contributed by atoms with Crippen LogP contribution in [0.25, 0.3) is 0 Å². The quantitative estimate of drug-likeness (QED) is 0.934. The summed E-state index contributed by atoms with van der Waals surface area (Å²) in [6, 6.07) is 3.18. The summed E-state index contributed by atoms with van der Waals surface area (Å²) in [5.74, 6) is 1.49. The summed E-state index contributed by atoms with van der Waals surface area (Å²) in [5, 5.41) is 2.96. The van der Waals surface area contributed by atoms with Crippen LogP contribution in [0.1, 0.15) is 58.1 Å². The molecule has 2 rings (SSSR count). The molecule has 0 radical (unpaired) electrons. The third kappa shape index (κ3) is 3.51. The second-order valence-electron chi connectivity index (χ2n) is 7.09. The van der Waals surface area contributed by atoms with Crippen molar-refractivity contribution in [3.8, 4) is 0 Å². The van der Waals surface area contributed by atoms with E-state index in [0.717, 1.165) is 24.4 Å². The lowest BCUT2D eigenvalue weighted by atomic mass is 9.94. The van der Waals surface area contributed by atoms with E-state index in [2.05, 4.69) is 5.32 Å². The smallest absolute Gasteiger partial charge is 0.243 e. The SMILES string of the molecule is Cc1ccc([C@@H](C)NC(=O)[C@@H]2CCCN2C(=O)C(C)(C)C)o1. The molecule has 2 heterocycles. The molecule has 0 aliphatic carbocycles. The van der Waals surface area contributed by atoms with E-state index in [9.17, 15) is 9.59 Å². The molecule has 0 bridgehead atoms. The molecule has 5 nitrogen and oxygen atoms in total. The summed E-state index contributed by atoms with van der Waals surface area (Å²) in [7, 11) is 0. The second kappa shape index (κ2) is 6.15. The van der Waals surface area contributed by atoms with Crippen molar-refractivity contribution in [1.29, 1.82) is 0 Å². The highest BCUT2D eigenvalue weighted by molar-refractivity contribution is 5.90. The zero-order chi connectivity index (χ0) is 16.5. The van der Waals surface area contributed by atoms with E-state index in [1.165, 1.54) is 0 Å². The van der Waals surface area contributed by atoms with E-state index in [1.54, 1.807) is 4.90 Å². The summed E-state index contributed by atoms with van der Waals surface area (Å²) < 4.78 is 5.54. The van der Waals surface area contributed by atoms with Gasteiger partial charge in [0.05, 0.1) is 6.04 Å². The molecule has 1 aliphatic rings. The Kier molecular flexibility index (Phi) is 4.63.